The topological polar surface area (TPSA) is 135 Å². The Hall–Kier alpha value is -3.36. The summed E-state index contributed by atoms with van der Waals surface area (Å²) in [5.74, 6) is -1.45. The molecule has 0 unspecified atom stereocenters. The van der Waals surface area contributed by atoms with Crippen LogP contribution in [0, 0.1) is 6.92 Å². The maximum absolute atomic E-state index is 12.9. The highest BCUT2D eigenvalue weighted by Crippen LogP contribution is 2.43. The average Bonchev–Trinajstić information content (AvgIpc) is 2.87. The number of rotatable bonds is 8. The molecule has 2 atom stereocenters. The third kappa shape index (κ3) is 5.65. The quantitative estimate of drug-likeness (QED) is 0.460. The normalized spacial score (nSPS) is 17.9. The zero-order valence-electron chi connectivity index (χ0n) is 21.8. The van der Waals surface area contributed by atoms with Gasteiger partial charge in [0.25, 0.3) is 0 Å². The Balaban J connectivity index is 1.52. The second-order valence-electron chi connectivity index (χ2n) is 10.3. The summed E-state index contributed by atoms with van der Waals surface area (Å²) in [7, 11) is 0. The molecule has 1 aliphatic carbocycles. The lowest BCUT2D eigenvalue weighted by molar-refractivity contribution is -0.142. The highest BCUT2D eigenvalue weighted by Gasteiger charge is 2.37. The molecule has 0 radical (unpaired) electrons. The standard InChI is InChI=1S/C28H36N2O7/c1-4-20(25(32)30-21(5-2)26(33)34)29-24(31)14-19-16(3)18-13-17-9-12-28(10-7-6-8-11-28)37-22(17)15-23(18)36-27(19)35/h13,15,20-21H,4-12,14H2,1-3H3,(H,29,31)(H,30,32)(H,33,34)/t20-,21-/m0/s1. The van der Waals surface area contributed by atoms with Gasteiger partial charge in [-0.2, -0.15) is 0 Å². The van der Waals surface area contributed by atoms with Gasteiger partial charge >= 0.3 is 11.6 Å². The number of carboxylic acids is 1. The molecule has 200 valence electrons. The van der Waals surface area contributed by atoms with E-state index < -0.39 is 35.5 Å². The van der Waals surface area contributed by atoms with Crippen LogP contribution in [-0.4, -0.2) is 40.6 Å². The molecule has 0 saturated heterocycles. The van der Waals surface area contributed by atoms with E-state index in [4.69, 9.17) is 9.15 Å². The summed E-state index contributed by atoms with van der Waals surface area (Å²) in [6.07, 6.45) is 7.78. The zero-order valence-corrected chi connectivity index (χ0v) is 21.8. The van der Waals surface area contributed by atoms with E-state index in [0.29, 0.717) is 11.1 Å². The third-order valence-corrected chi connectivity index (χ3v) is 7.83. The van der Waals surface area contributed by atoms with Crippen LogP contribution in [0.15, 0.2) is 21.3 Å². The van der Waals surface area contributed by atoms with Gasteiger partial charge < -0.3 is 24.9 Å². The van der Waals surface area contributed by atoms with Crippen molar-refractivity contribution in [2.24, 2.45) is 0 Å². The minimum atomic E-state index is -1.14. The molecular weight excluding hydrogens is 476 g/mol. The lowest BCUT2D eigenvalue weighted by atomic mass is 9.79. The molecule has 9 nitrogen and oxygen atoms in total. The summed E-state index contributed by atoms with van der Waals surface area (Å²) < 4.78 is 12.1. The highest BCUT2D eigenvalue weighted by atomic mass is 16.5. The van der Waals surface area contributed by atoms with E-state index in [1.165, 1.54) is 19.3 Å². The van der Waals surface area contributed by atoms with E-state index in [1.807, 2.05) is 12.1 Å². The smallest absolute Gasteiger partial charge is 0.340 e. The minimum absolute atomic E-state index is 0.115. The van der Waals surface area contributed by atoms with Crippen molar-refractivity contribution in [2.75, 3.05) is 0 Å². The van der Waals surface area contributed by atoms with Crippen molar-refractivity contribution in [3.8, 4) is 5.75 Å². The molecule has 2 heterocycles. The average molecular weight is 513 g/mol. The number of carbonyl (C=O) groups excluding carboxylic acids is 2. The van der Waals surface area contributed by atoms with Crippen LogP contribution in [0.1, 0.15) is 81.9 Å². The molecule has 0 bridgehead atoms. The first-order valence-electron chi connectivity index (χ1n) is 13.3. The first-order chi connectivity index (χ1) is 17.7. The molecule has 4 rings (SSSR count). The summed E-state index contributed by atoms with van der Waals surface area (Å²) in [4.78, 5) is 49.4. The SMILES string of the molecule is CC[C@H](NC(=O)[C@H](CC)NC(=O)Cc1c(C)c2cc3c(cc2oc1=O)OC1(CCCCC1)CC3)C(=O)O. The van der Waals surface area contributed by atoms with E-state index in [1.54, 1.807) is 20.8 Å². The number of ether oxygens (including phenoxy) is 1. The predicted molar refractivity (Wildman–Crippen MR) is 138 cm³/mol. The summed E-state index contributed by atoms with van der Waals surface area (Å²) in [6, 6.07) is 1.86. The third-order valence-electron chi connectivity index (χ3n) is 7.83. The van der Waals surface area contributed by atoms with Gasteiger partial charge in [0, 0.05) is 11.5 Å². The Labute approximate surface area is 215 Å². The van der Waals surface area contributed by atoms with Crippen molar-refractivity contribution in [3.63, 3.8) is 0 Å². The molecule has 3 N–H and O–H groups in total. The van der Waals surface area contributed by atoms with Crippen molar-refractivity contribution >= 4 is 28.8 Å². The van der Waals surface area contributed by atoms with Gasteiger partial charge in [-0.05, 0) is 75.5 Å². The number of carbonyl (C=O) groups is 3. The van der Waals surface area contributed by atoms with Crippen LogP contribution in [0.2, 0.25) is 0 Å². The number of amides is 2. The molecular formula is C28H36N2O7. The lowest BCUT2D eigenvalue weighted by Gasteiger charge is -2.41. The van der Waals surface area contributed by atoms with Gasteiger partial charge in [-0.3, -0.25) is 9.59 Å². The van der Waals surface area contributed by atoms with Crippen LogP contribution in [0.4, 0.5) is 0 Å². The van der Waals surface area contributed by atoms with Gasteiger partial charge in [0.2, 0.25) is 11.8 Å². The van der Waals surface area contributed by atoms with Crippen LogP contribution < -0.4 is 21.0 Å². The molecule has 2 aliphatic rings. The van der Waals surface area contributed by atoms with E-state index in [-0.39, 0.29) is 30.4 Å². The molecule has 2 amide bonds. The van der Waals surface area contributed by atoms with E-state index in [0.717, 1.165) is 42.4 Å². The van der Waals surface area contributed by atoms with Crippen molar-refractivity contribution in [3.05, 3.63) is 39.2 Å². The Kier molecular flexibility index (Phi) is 7.90. The second kappa shape index (κ2) is 10.9. The molecule has 1 spiro atoms. The van der Waals surface area contributed by atoms with Crippen LogP contribution in [0.25, 0.3) is 11.0 Å². The fourth-order valence-electron chi connectivity index (χ4n) is 5.52. The summed E-state index contributed by atoms with van der Waals surface area (Å²) in [5, 5.41) is 15.0. The number of hydrogen-bond donors (Lipinski definition) is 3. The van der Waals surface area contributed by atoms with Crippen LogP contribution in [-0.2, 0) is 27.2 Å². The first-order valence-corrected chi connectivity index (χ1v) is 13.3. The molecule has 37 heavy (non-hydrogen) atoms. The molecule has 1 aromatic heterocycles. The maximum atomic E-state index is 12.9. The van der Waals surface area contributed by atoms with Crippen molar-refractivity contribution in [2.45, 2.75) is 103 Å². The summed E-state index contributed by atoms with van der Waals surface area (Å²) in [6.45, 7) is 5.16. The monoisotopic (exact) mass is 512 g/mol. The first kappa shape index (κ1) is 26.7. The van der Waals surface area contributed by atoms with Crippen molar-refractivity contribution < 1.29 is 28.6 Å². The van der Waals surface area contributed by atoms with E-state index >= 15 is 0 Å². The predicted octanol–water partition coefficient (Wildman–Crippen LogP) is 3.55. The van der Waals surface area contributed by atoms with Gasteiger partial charge in [0.1, 0.15) is 29.0 Å². The van der Waals surface area contributed by atoms with Crippen LogP contribution in [0.5, 0.6) is 5.75 Å². The maximum Gasteiger partial charge on any atom is 0.340 e. The molecule has 2 aromatic rings. The Morgan fingerprint density at radius 1 is 1.03 bits per heavy atom. The largest absolute Gasteiger partial charge is 0.487 e. The molecule has 1 aliphatic heterocycles. The van der Waals surface area contributed by atoms with Gasteiger partial charge in [-0.1, -0.05) is 20.3 Å². The summed E-state index contributed by atoms with van der Waals surface area (Å²) >= 11 is 0. The van der Waals surface area contributed by atoms with Gasteiger partial charge in [0.05, 0.1) is 12.0 Å². The fourth-order valence-corrected chi connectivity index (χ4v) is 5.52. The van der Waals surface area contributed by atoms with E-state index in [2.05, 4.69) is 10.6 Å². The van der Waals surface area contributed by atoms with Gasteiger partial charge in [-0.25, -0.2) is 9.59 Å². The number of fused-ring (bicyclic) bond motifs is 2. The Morgan fingerprint density at radius 3 is 2.38 bits per heavy atom. The summed E-state index contributed by atoms with van der Waals surface area (Å²) in [5.41, 5.74) is 1.69. The lowest BCUT2D eigenvalue weighted by Crippen LogP contribution is -2.51. The molecule has 1 aromatic carbocycles. The second-order valence-corrected chi connectivity index (χ2v) is 10.3. The number of aliphatic carboxylic acids is 1. The molecule has 9 heteroatoms. The highest BCUT2D eigenvalue weighted by molar-refractivity contribution is 5.91. The zero-order chi connectivity index (χ0) is 26.7. The molecule has 1 fully saturated rings. The Morgan fingerprint density at radius 2 is 1.73 bits per heavy atom. The number of aryl methyl sites for hydroxylation is 2. The van der Waals surface area contributed by atoms with Gasteiger partial charge in [-0.15, -0.1) is 0 Å². The van der Waals surface area contributed by atoms with Gasteiger partial charge in [0.15, 0.2) is 0 Å². The van der Waals surface area contributed by atoms with Crippen molar-refractivity contribution in [1.82, 2.24) is 10.6 Å². The van der Waals surface area contributed by atoms with E-state index in [9.17, 15) is 24.3 Å². The number of carboxylic acid groups (broad SMARTS) is 1. The van der Waals surface area contributed by atoms with Crippen LogP contribution >= 0.6 is 0 Å². The van der Waals surface area contributed by atoms with Crippen molar-refractivity contribution in [1.29, 1.82) is 0 Å². The minimum Gasteiger partial charge on any atom is -0.487 e. The number of hydrogen-bond acceptors (Lipinski definition) is 6. The number of nitrogens with one attached hydrogen (secondary N) is 2. The molecule has 1 saturated carbocycles. The van der Waals surface area contributed by atoms with Crippen LogP contribution in [0.3, 0.4) is 0 Å². The Bertz CT molecular complexity index is 1260. The fraction of sp³-hybridized carbons (Fsp3) is 0.571. The number of benzene rings is 1.